The Morgan fingerprint density at radius 2 is 1.57 bits per heavy atom. The van der Waals surface area contributed by atoms with Gasteiger partial charge in [-0.05, 0) is 85.3 Å². The van der Waals surface area contributed by atoms with E-state index >= 15 is 0 Å². The summed E-state index contributed by atoms with van der Waals surface area (Å²) in [7, 11) is 0. The maximum absolute atomic E-state index is 14.0. The molecule has 3 aromatic carbocycles. The van der Waals surface area contributed by atoms with Gasteiger partial charge in [0, 0.05) is 49.1 Å². The molecule has 0 fully saturated rings. The first-order valence-corrected chi connectivity index (χ1v) is 14.6. The van der Waals surface area contributed by atoms with Gasteiger partial charge in [0.15, 0.2) is 0 Å². The fourth-order valence-corrected chi connectivity index (χ4v) is 4.98. The van der Waals surface area contributed by atoms with E-state index in [2.05, 4.69) is 16.0 Å². The number of halogens is 2. The number of carbonyl (C=O) groups is 3. The summed E-state index contributed by atoms with van der Waals surface area (Å²) in [6.07, 6.45) is -1.12. The molecule has 3 aromatic rings. The second-order valence-electron chi connectivity index (χ2n) is 10.8. The lowest BCUT2D eigenvalue weighted by molar-refractivity contribution is -0.242. The maximum atomic E-state index is 14.0. The molecule has 9 nitrogen and oxygen atoms in total. The van der Waals surface area contributed by atoms with Crippen LogP contribution in [-0.4, -0.2) is 59.7 Å². The fraction of sp³-hybridized carbons (Fsp3) is 0.364. The van der Waals surface area contributed by atoms with Gasteiger partial charge in [0.2, 0.25) is 0 Å². The van der Waals surface area contributed by atoms with Gasteiger partial charge in [-0.15, -0.1) is 0 Å². The molecule has 2 atom stereocenters. The zero-order valence-corrected chi connectivity index (χ0v) is 25.2. The van der Waals surface area contributed by atoms with Crippen LogP contribution < -0.4 is 21.1 Å². The first-order valence-electron chi connectivity index (χ1n) is 14.6. The van der Waals surface area contributed by atoms with Crippen LogP contribution in [-0.2, 0) is 13.0 Å². The second-order valence-corrected chi connectivity index (χ2v) is 10.8. The first kappa shape index (κ1) is 34.1. The summed E-state index contributed by atoms with van der Waals surface area (Å²) < 4.78 is 27.9. The molecule has 44 heavy (non-hydrogen) atoms. The number of hydrogen-bond acceptors (Lipinski definition) is 6. The van der Waals surface area contributed by atoms with Gasteiger partial charge in [0.1, 0.15) is 17.7 Å². The topological polar surface area (TPSA) is 134 Å². The molecule has 236 valence electrons. The van der Waals surface area contributed by atoms with Crippen LogP contribution in [0.4, 0.5) is 19.3 Å². The fourth-order valence-electron chi connectivity index (χ4n) is 4.98. The van der Waals surface area contributed by atoms with E-state index in [-0.39, 0.29) is 36.5 Å². The van der Waals surface area contributed by atoms with E-state index in [1.165, 1.54) is 6.07 Å². The maximum Gasteiger partial charge on any atom is 0.253 e. The van der Waals surface area contributed by atoms with Crippen molar-refractivity contribution in [2.75, 3.05) is 25.0 Å². The quantitative estimate of drug-likeness (QED) is 0.207. The van der Waals surface area contributed by atoms with Crippen molar-refractivity contribution in [2.45, 2.75) is 58.7 Å². The van der Waals surface area contributed by atoms with Crippen LogP contribution in [0.5, 0.6) is 0 Å². The SMILES string of the molecule is CCCN(CCC)C(=O)c1cc(C)cc(C(=O)N[C@@H](Cc2cc(F)cc(F)c2)[C@H](O)CNCc2cccc(NC(=O)[O-])c2)c1. The van der Waals surface area contributed by atoms with Crippen molar-refractivity contribution in [3.8, 4) is 0 Å². The monoisotopic (exact) mass is 609 g/mol. The molecular weight excluding hydrogens is 570 g/mol. The molecule has 0 saturated heterocycles. The van der Waals surface area contributed by atoms with Gasteiger partial charge < -0.3 is 35.9 Å². The molecule has 3 rings (SSSR count). The number of carboxylic acid groups (broad SMARTS) is 1. The van der Waals surface area contributed by atoms with Crippen molar-refractivity contribution in [2.24, 2.45) is 0 Å². The predicted molar refractivity (Wildman–Crippen MR) is 162 cm³/mol. The molecule has 0 saturated carbocycles. The van der Waals surface area contributed by atoms with E-state index in [0.717, 1.165) is 31.0 Å². The smallest absolute Gasteiger partial charge is 0.253 e. The van der Waals surface area contributed by atoms with Gasteiger partial charge in [0.25, 0.3) is 11.8 Å². The summed E-state index contributed by atoms with van der Waals surface area (Å²) in [5.74, 6) is -2.30. The predicted octanol–water partition coefficient (Wildman–Crippen LogP) is 3.78. The van der Waals surface area contributed by atoms with Crippen LogP contribution in [0.1, 0.15) is 64.1 Å². The molecule has 0 aliphatic heterocycles. The highest BCUT2D eigenvalue weighted by atomic mass is 19.1. The van der Waals surface area contributed by atoms with Gasteiger partial charge in [0.05, 0.1) is 12.1 Å². The highest BCUT2D eigenvalue weighted by Crippen LogP contribution is 2.16. The molecule has 0 aliphatic carbocycles. The number of nitrogens with one attached hydrogen (secondary N) is 3. The molecule has 0 unspecified atom stereocenters. The summed E-state index contributed by atoms with van der Waals surface area (Å²) in [5, 5.41) is 30.0. The average Bonchev–Trinajstić information content (AvgIpc) is 2.95. The van der Waals surface area contributed by atoms with E-state index in [1.807, 2.05) is 13.8 Å². The Hall–Kier alpha value is -4.35. The Kier molecular flexibility index (Phi) is 12.8. The van der Waals surface area contributed by atoms with Crippen molar-refractivity contribution in [3.05, 3.63) is 100 Å². The molecule has 0 spiro atoms. The number of hydrogen-bond donors (Lipinski definition) is 4. The molecule has 4 N–H and O–H groups in total. The Balaban J connectivity index is 1.79. The molecule has 0 aromatic heterocycles. The van der Waals surface area contributed by atoms with E-state index in [0.29, 0.717) is 35.5 Å². The lowest BCUT2D eigenvalue weighted by atomic mass is 9.99. The van der Waals surface area contributed by atoms with Gasteiger partial charge in [-0.1, -0.05) is 26.0 Å². The second kappa shape index (κ2) is 16.5. The normalized spacial score (nSPS) is 12.3. The molecular formula is C33H39F2N4O5-. The first-order chi connectivity index (χ1) is 21.0. The Morgan fingerprint density at radius 1 is 0.909 bits per heavy atom. The highest BCUT2D eigenvalue weighted by molar-refractivity contribution is 6.00. The van der Waals surface area contributed by atoms with Crippen LogP contribution >= 0.6 is 0 Å². The number of carbonyl (C=O) groups excluding carboxylic acids is 3. The number of aliphatic hydroxyl groups is 1. The van der Waals surface area contributed by atoms with Crippen molar-refractivity contribution in [3.63, 3.8) is 0 Å². The molecule has 0 heterocycles. The summed E-state index contributed by atoms with van der Waals surface area (Å²) >= 11 is 0. The molecule has 0 radical (unpaired) electrons. The van der Waals surface area contributed by atoms with Crippen LogP contribution in [0, 0.1) is 18.6 Å². The third-order valence-electron chi connectivity index (χ3n) is 6.88. The molecule has 3 amide bonds. The van der Waals surface area contributed by atoms with E-state index in [1.54, 1.807) is 48.2 Å². The molecule has 0 aliphatic rings. The number of benzene rings is 3. The van der Waals surface area contributed by atoms with Crippen molar-refractivity contribution in [1.82, 2.24) is 15.5 Å². The zero-order chi connectivity index (χ0) is 32.2. The van der Waals surface area contributed by atoms with E-state index in [9.17, 15) is 33.4 Å². The van der Waals surface area contributed by atoms with Gasteiger partial charge >= 0.3 is 0 Å². The highest BCUT2D eigenvalue weighted by Gasteiger charge is 2.24. The summed E-state index contributed by atoms with van der Waals surface area (Å²) in [6, 6.07) is 13.5. The minimum Gasteiger partial charge on any atom is -0.530 e. The lowest BCUT2D eigenvalue weighted by Crippen LogP contribution is -2.48. The Bertz CT molecular complexity index is 1430. The Morgan fingerprint density at radius 3 is 2.20 bits per heavy atom. The minimum atomic E-state index is -1.44. The number of aryl methyl sites for hydroxylation is 1. The lowest BCUT2D eigenvalue weighted by Gasteiger charge is -2.25. The summed E-state index contributed by atoms with van der Waals surface area (Å²) in [6.45, 7) is 7.17. The van der Waals surface area contributed by atoms with E-state index < -0.39 is 35.8 Å². The Labute approximate surface area is 256 Å². The zero-order valence-electron chi connectivity index (χ0n) is 25.2. The largest absolute Gasteiger partial charge is 0.530 e. The third-order valence-corrected chi connectivity index (χ3v) is 6.88. The van der Waals surface area contributed by atoms with Crippen LogP contribution in [0.15, 0.2) is 60.7 Å². The number of rotatable bonds is 15. The minimum absolute atomic E-state index is 0.0125. The van der Waals surface area contributed by atoms with Crippen molar-refractivity contribution >= 4 is 23.6 Å². The van der Waals surface area contributed by atoms with Crippen molar-refractivity contribution in [1.29, 1.82) is 0 Å². The van der Waals surface area contributed by atoms with Gasteiger partial charge in [-0.3, -0.25) is 9.59 Å². The number of aliphatic hydroxyl groups excluding tert-OH is 1. The van der Waals surface area contributed by atoms with Crippen LogP contribution in [0.25, 0.3) is 0 Å². The third kappa shape index (κ3) is 10.4. The van der Waals surface area contributed by atoms with Crippen LogP contribution in [0.3, 0.4) is 0 Å². The molecule has 0 bridgehead atoms. The van der Waals surface area contributed by atoms with Gasteiger partial charge in [-0.2, -0.15) is 0 Å². The van der Waals surface area contributed by atoms with Gasteiger partial charge in [-0.25, -0.2) is 8.78 Å². The molecule has 11 heteroatoms. The number of amides is 3. The number of anilines is 1. The average molecular weight is 610 g/mol. The van der Waals surface area contributed by atoms with Crippen LogP contribution in [0.2, 0.25) is 0 Å². The standard InChI is InChI=1S/C33H40F2N4O5/c1-4-9-39(10-5-2)32(42)25-12-21(3)11-24(17-25)31(41)38-29(16-23-13-26(34)18-27(35)14-23)30(40)20-36-19-22-7-6-8-28(15-22)37-33(43)44/h6-8,11-15,17-18,29-30,36-37,40H,4-5,9-10,16,19-20H2,1-3H3,(H,38,41)(H,43,44)/p-1/t29-,30+/m0/s1. The van der Waals surface area contributed by atoms with Crippen molar-refractivity contribution < 1.29 is 33.4 Å². The summed E-state index contributed by atoms with van der Waals surface area (Å²) in [4.78, 5) is 39.3. The van der Waals surface area contributed by atoms with E-state index in [4.69, 9.17) is 0 Å². The summed E-state index contributed by atoms with van der Waals surface area (Å²) in [5.41, 5.74) is 2.57. The number of nitrogens with zero attached hydrogens (tertiary/aromatic N) is 1.